The third kappa shape index (κ3) is 3.57. The zero-order valence-electron chi connectivity index (χ0n) is 13.4. The average Bonchev–Trinajstić information content (AvgIpc) is 3.10. The Morgan fingerprint density at radius 1 is 1.36 bits per heavy atom. The molecule has 0 aliphatic heterocycles. The highest BCUT2D eigenvalue weighted by atomic mass is 32.2. The molecule has 0 unspecified atom stereocenters. The fourth-order valence-corrected chi connectivity index (χ4v) is 3.97. The van der Waals surface area contributed by atoms with Gasteiger partial charge < -0.3 is 0 Å². The van der Waals surface area contributed by atoms with Crippen LogP contribution >= 0.6 is 23.1 Å². The van der Waals surface area contributed by atoms with Crippen molar-refractivity contribution < 1.29 is 4.79 Å². The lowest BCUT2D eigenvalue weighted by Gasteiger charge is -2.19. The maximum Gasteiger partial charge on any atom is 0.262 e. The Balaban J connectivity index is 1.80. The molecule has 0 spiro atoms. The van der Waals surface area contributed by atoms with Crippen molar-refractivity contribution in [1.82, 2.24) is 9.55 Å². The molecule has 3 rings (SSSR count). The van der Waals surface area contributed by atoms with E-state index in [-0.39, 0.29) is 23.8 Å². The highest BCUT2D eigenvalue weighted by Gasteiger charge is 2.17. The molecule has 2 aromatic heterocycles. The SMILES string of the molecule is Cn1c(SCC(=O)N(CC#N)c2ccccc2)nc2sccc2c1=O. The van der Waals surface area contributed by atoms with Gasteiger partial charge in [0.2, 0.25) is 5.91 Å². The molecule has 1 aromatic carbocycles. The van der Waals surface area contributed by atoms with Crippen LogP contribution in [0.4, 0.5) is 5.69 Å². The molecule has 2 heterocycles. The highest BCUT2D eigenvalue weighted by molar-refractivity contribution is 7.99. The summed E-state index contributed by atoms with van der Waals surface area (Å²) in [5.41, 5.74) is 0.545. The molecule has 3 aromatic rings. The number of carbonyl (C=O) groups is 1. The zero-order chi connectivity index (χ0) is 17.8. The van der Waals surface area contributed by atoms with Gasteiger partial charge >= 0.3 is 0 Å². The summed E-state index contributed by atoms with van der Waals surface area (Å²) < 4.78 is 1.45. The lowest BCUT2D eigenvalue weighted by atomic mass is 10.3. The van der Waals surface area contributed by atoms with Crippen molar-refractivity contribution in [2.24, 2.45) is 7.05 Å². The molecule has 0 aliphatic rings. The number of carbonyl (C=O) groups excluding carboxylic acids is 1. The van der Waals surface area contributed by atoms with Crippen molar-refractivity contribution >= 4 is 44.9 Å². The van der Waals surface area contributed by atoms with Gasteiger partial charge in [-0.3, -0.25) is 19.1 Å². The van der Waals surface area contributed by atoms with Crippen LogP contribution in [-0.4, -0.2) is 27.8 Å². The van der Waals surface area contributed by atoms with Crippen molar-refractivity contribution in [1.29, 1.82) is 5.26 Å². The van der Waals surface area contributed by atoms with Crippen molar-refractivity contribution in [3.8, 4) is 6.07 Å². The van der Waals surface area contributed by atoms with Crippen LogP contribution in [0.2, 0.25) is 0 Å². The van der Waals surface area contributed by atoms with Gasteiger partial charge in [-0.15, -0.1) is 11.3 Å². The van der Waals surface area contributed by atoms with Crippen molar-refractivity contribution in [3.05, 3.63) is 52.1 Å². The van der Waals surface area contributed by atoms with E-state index >= 15 is 0 Å². The molecule has 6 nitrogen and oxygen atoms in total. The van der Waals surface area contributed by atoms with E-state index in [0.29, 0.717) is 21.1 Å². The number of thioether (sulfide) groups is 1. The van der Waals surface area contributed by atoms with E-state index in [1.165, 1.54) is 32.6 Å². The summed E-state index contributed by atoms with van der Waals surface area (Å²) in [7, 11) is 1.64. The molecule has 8 heteroatoms. The first-order chi connectivity index (χ1) is 12.1. The molecule has 0 aliphatic carbocycles. The summed E-state index contributed by atoms with van der Waals surface area (Å²) >= 11 is 2.59. The van der Waals surface area contributed by atoms with Crippen LogP contribution in [0, 0.1) is 11.3 Å². The Hall–Kier alpha value is -2.63. The lowest BCUT2D eigenvalue weighted by Crippen LogP contribution is -2.33. The Bertz CT molecular complexity index is 1000. The van der Waals surface area contributed by atoms with E-state index in [1.807, 2.05) is 29.6 Å². The number of anilines is 1. The molecule has 126 valence electrons. The van der Waals surface area contributed by atoms with Gasteiger partial charge in [0.1, 0.15) is 11.4 Å². The summed E-state index contributed by atoms with van der Waals surface area (Å²) in [5, 5.41) is 11.9. The predicted octanol–water partition coefficient (Wildman–Crippen LogP) is 2.64. The maximum atomic E-state index is 12.6. The van der Waals surface area contributed by atoms with Gasteiger partial charge in [0.05, 0.1) is 17.2 Å². The number of thiophene rings is 1. The highest BCUT2D eigenvalue weighted by Crippen LogP contribution is 2.22. The number of nitriles is 1. The second kappa shape index (κ2) is 7.51. The van der Waals surface area contributed by atoms with E-state index in [4.69, 9.17) is 5.26 Å². The first-order valence-electron chi connectivity index (χ1n) is 7.41. The Labute approximate surface area is 152 Å². The van der Waals surface area contributed by atoms with E-state index < -0.39 is 0 Å². The van der Waals surface area contributed by atoms with E-state index in [1.54, 1.807) is 25.2 Å². The second-order valence-electron chi connectivity index (χ2n) is 5.16. The zero-order valence-corrected chi connectivity index (χ0v) is 15.0. The number of hydrogen-bond acceptors (Lipinski definition) is 6. The largest absolute Gasteiger partial charge is 0.298 e. The number of nitrogens with zero attached hydrogens (tertiary/aromatic N) is 4. The number of amides is 1. The molecule has 0 radical (unpaired) electrons. The lowest BCUT2D eigenvalue weighted by molar-refractivity contribution is -0.116. The second-order valence-corrected chi connectivity index (χ2v) is 7.00. The first kappa shape index (κ1) is 17.2. The number of rotatable bonds is 5. The average molecular weight is 370 g/mol. The Morgan fingerprint density at radius 2 is 2.12 bits per heavy atom. The minimum atomic E-state index is -0.210. The van der Waals surface area contributed by atoms with E-state index in [0.717, 1.165) is 0 Å². The van der Waals surface area contributed by atoms with Gasteiger partial charge in [0, 0.05) is 12.7 Å². The van der Waals surface area contributed by atoms with Gasteiger partial charge in [0.25, 0.3) is 5.56 Å². The minimum Gasteiger partial charge on any atom is -0.298 e. The van der Waals surface area contributed by atoms with Crippen LogP contribution in [0.5, 0.6) is 0 Å². The number of fused-ring (bicyclic) bond motifs is 1. The van der Waals surface area contributed by atoms with Gasteiger partial charge in [0.15, 0.2) is 5.16 Å². The third-order valence-corrected chi connectivity index (χ3v) is 5.41. The fraction of sp³-hybridized carbons (Fsp3) is 0.176. The van der Waals surface area contributed by atoms with Crippen LogP contribution in [0.3, 0.4) is 0 Å². The molecule has 0 saturated heterocycles. The molecule has 0 bridgehead atoms. The normalized spacial score (nSPS) is 10.6. The van der Waals surface area contributed by atoms with Gasteiger partial charge in [-0.1, -0.05) is 30.0 Å². The summed E-state index contributed by atoms with van der Waals surface area (Å²) in [6.45, 7) is -0.0281. The standard InChI is InChI=1S/C17H14N4O2S2/c1-20-16(23)13-7-10-24-15(13)19-17(20)25-11-14(22)21(9-8-18)12-5-3-2-4-6-12/h2-7,10H,9,11H2,1H3. The Morgan fingerprint density at radius 3 is 2.84 bits per heavy atom. The maximum absolute atomic E-state index is 12.6. The number of benzene rings is 1. The third-order valence-electron chi connectivity index (χ3n) is 3.59. The molecule has 25 heavy (non-hydrogen) atoms. The van der Waals surface area contributed by atoms with Crippen molar-refractivity contribution in [2.75, 3.05) is 17.2 Å². The molecular formula is C17H14N4O2S2. The molecule has 1 amide bonds. The van der Waals surface area contributed by atoms with Crippen molar-refractivity contribution in [3.63, 3.8) is 0 Å². The van der Waals surface area contributed by atoms with Gasteiger partial charge in [-0.05, 0) is 23.6 Å². The minimum absolute atomic E-state index is 0.0281. The number of hydrogen-bond donors (Lipinski definition) is 0. The molecule has 0 atom stereocenters. The quantitative estimate of drug-likeness (QED) is 0.392. The Kier molecular flexibility index (Phi) is 5.16. The summed E-state index contributed by atoms with van der Waals surface area (Å²) in [4.78, 5) is 31.4. The van der Waals surface area contributed by atoms with Crippen LogP contribution in [0.25, 0.3) is 10.2 Å². The summed E-state index contributed by atoms with van der Waals surface area (Å²) in [6, 6.07) is 12.8. The van der Waals surface area contributed by atoms with Crippen LogP contribution in [-0.2, 0) is 11.8 Å². The molecular weight excluding hydrogens is 356 g/mol. The van der Waals surface area contributed by atoms with Crippen LogP contribution < -0.4 is 10.5 Å². The van der Waals surface area contributed by atoms with Gasteiger partial charge in [-0.2, -0.15) is 5.26 Å². The van der Waals surface area contributed by atoms with E-state index in [9.17, 15) is 9.59 Å². The summed E-state index contributed by atoms with van der Waals surface area (Å²) in [5.74, 6) is -0.119. The van der Waals surface area contributed by atoms with Crippen molar-refractivity contribution in [2.45, 2.75) is 5.16 Å². The smallest absolute Gasteiger partial charge is 0.262 e. The number of aromatic nitrogens is 2. The topological polar surface area (TPSA) is 79.0 Å². The predicted molar refractivity (Wildman–Crippen MR) is 100.0 cm³/mol. The molecule has 0 fully saturated rings. The van der Waals surface area contributed by atoms with Crippen LogP contribution in [0.15, 0.2) is 51.7 Å². The number of para-hydroxylation sites is 1. The van der Waals surface area contributed by atoms with Crippen LogP contribution in [0.1, 0.15) is 0 Å². The molecule has 0 saturated carbocycles. The van der Waals surface area contributed by atoms with Gasteiger partial charge in [-0.25, -0.2) is 4.98 Å². The first-order valence-corrected chi connectivity index (χ1v) is 9.27. The molecule has 0 N–H and O–H groups in total. The van der Waals surface area contributed by atoms with E-state index in [2.05, 4.69) is 4.98 Å². The summed E-state index contributed by atoms with van der Waals surface area (Å²) in [6.07, 6.45) is 0. The monoisotopic (exact) mass is 370 g/mol. The fourth-order valence-electron chi connectivity index (χ4n) is 2.32.